The summed E-state index contributed by atoms with van der Waals surface area (Å²) < 4.78 is 28.5. The van der Waals surface area contributed by atoms with E-state index >= 15 is 4.39 Å². The van der Waals surface area contributed by atoms with Gasteiger partial charge in [-0.1, -0.05) is 29.8 Å². The van der Waals surface area contributed by atoms with Crippen LogP contribution >= 0.6 is 11.6 Å². The molecule has 3 amide bonds. The fourth-order valence-corrected chi connectivity index (χ4v) is 5.87. The van der Waals surface area contributed by atoms with E-state index in [4.69, 9.17) is 21.1 Å². The molecule has 5 heterocycles. The highest BCUT2D eigenvalue weighted by atomic mass is 35.5. The van der Waals surface area contributed by atoms with E-state index in [9.17, 15) is 14.4 Å². The molecule has 12 heteroatoms. The van der Waals surface area contributed by atoms with Gasteiger partial charge in [0.1, 0.15) is 23.8 Å². The first-order valence-electron chi connectivity index (χ1n) is 14.4. The van der Waals surface area contributed by atoms with Crippen LogP contribution in [0.5, 0.6) is 11.5 Å². The first kappa shape index (κ1) is 29.4. The Morgan fingerprint density at radius 1 is 1.02 bits per heavy atom. The van der Waals surface area contributed by atoms with Crippen molar-refractivity contribution in [2.24, 2.45) is 0 Å². The SMILES string of the molecule is CC(=O)NCC(=O)N1CCc2cc3ccc2C1c1cccc(c1)OCCCN(C(=O)c1nc2ccc(Cl)cn2c1F)CCO3. The second-order valence-corrected chi connectivity index (χ2v) is 11.2. The third-order valence-corrected chi connectivity index (χ3v) is 8.03. The van der Waals surface area contributed by atoms with Gasteiger partial charge >= 0.3 is 0 Å². The molecule has 44 heavy (non-hydrogen) atoms. The highest BCUT2D eigenvalue weighted by molar-refractivity contribution is 6.30. The number of hydrogen-bond acceptors (Lipinski definition) is 6. The summed E-state index contributed by atoms with van der Waals surface area (Å²) in [6, 6.07) is 16.1. The molecule has 0 aliphatic carbocycles. The number of fused-ring (bicyclic) bond motifs is 9. The number of hydrogen-bond donors (Lipinski definition) is 1. The van der Waals surface area contributed by atoms with Crippen LogP contribution in [0.25, 0.3) is 5.65 Å². The van der Waals surface area contributed by atoms with Crippen LogP contribution in [0, 0.1) is 5.95 Å². The van der Waals surface area contributed by atoms with Gasteiger partial charge in [-0.15, -0.1) is 0 Å². The number of nitrogens with zero attached hydrogens (tertiary/aromatic N) is 4. The number of halogens is 2. The molecule has 0 saturated carbocycles. The Morgan fingerprint density at radius 3 is 2.68 bits per heavy atom. The van der Waals surface area contributed by atoms with Crippen molar-refractivity contribution in [3.05, 3.63) is 94.1 Å². The number of ether oxygens (including phenoxy) is 2. The normalized spacial score (nSPS) is 16.8. The van der Waals surface area contributed by atoms with Gasteiger partial charge in [0, 0.05) is 26.2 Å². The summed E-state index contributed by atoms with van der Waals surface area (Å²) in [5.41, 5.74) is 2.87. The van der Waals surface area contributed by atoms with Crippen LogP contribution in [-0.4, -0.2) is 76.3 Å². The molecule has 6 bridgehead atoms. The quantitative estimate of drug-likeness (QED) is 0.371. The monoisotopic (exact) mass is 619 g/mol. The Labute approximate surface area is 258 Å². The Hall–Kier alpha value is -4.64. The highest BCUT2D eigenvalue weighted by Gasteiger charge is 2.33. The van der Waals surface area contributed by atoms with Crippen LogP contribution < -0.4 is 14.8 Å². The van der Waals surface area contributed by atoms with Gasteiger partial charge < -0.3 is 24.6 Å². The molecule has 0 radical (unpaired) electrons. The maximum Gasteiger partial charge on any atom is 0.277 e. The van der Waals surface area contributed by atoms with Crippen molar-refractivity contribution in [3.8, 4) is 11.5 Å². The molecule has 1 atom stereocenters. The van der Waals surface area contributed by atoms with E-state index in [1.54, 1.807) is 17.0 Å². The lowest BCUT2D eigenvalue weighted by Gasteiger charge is -2.38. The number of nitrogens with one attached hydrogen (secondary N) is 1. The first-order valence-corrected chi connectivity index (χ1v) is 14.8. The predicted molar refractivity (Wildman–Crippen MR) is 160 cm³/mol. The molecular formula is C32H31ClFN5O5. The fourth-order valence-electron chi connectivity index (χ4n) is 5.71. The van der Waals surface area contributed by atoms with Crippen LogP contribution in [0.15, 0.2) is 60.8 Å². The van der Waals surface area contributed by atoms with Crippen LogP contribution in [0.1, 0.15) is 46.6 Å². The molecule has 3 aliphatic heterocycles. The molecule has 0 spiro atoms. The highest BCUT2D eigenvalue weighted by Crippen LogP contribution is 2.38. The smallest absolute Gasteiger partial charge is 0.277 e. The average Bonchev–Trinajstić information content (AvgIpc) is 3.34. The van der Waals surface area contributed by atoms with Crippen molar-refractivity contribution in [2.75, 3.05) is 39.4 Å². The number of aromatic nitrogens is 2. The zero-order valence-corrected chi connectivity index (χ0v) is 24.8. The van der Waals surface area contributed by atoms with Crippen LogP contribution in [-0.2, 0) is 16.0 Å². The van der Waals surface area contributed by atoms with E-state index in [1.165, 1.54) is 18.0 Å². The number of carbonyl (C=O) groups is 3. The van der Waals surface area contributed by atoms with Crippen LogP contribution in [0.3, 0.4) is 0 Å². The first-order chi connectivity index (χ1) is 21.3. The zero-order valence-electron chi connectivity index (χ0n) is 24.1. The summed E-state index contributed by atoms with van der Waals surface area (Å²) in [6.07, 6.45) is 2.46. The third-order valence-electron chi connectivity index (χ3n) is 7.81. The molecule has 10 nitrogen and oxygen atoms in total. The van der Waals surface area contributed by atoms with E-state index in [2.05, 4.69) is 10.3 Å². The number of benzene rings is 2. The minimum atomic E-state index is -0.775. The molecule has 3 aliphatic rings. The summed E-state index contributed by atoms with van der Waals surface area (Å²) in [7, 11) is 0. The van der Waals surface area contributed by atoms with Gasteiger partial charge in [0.05, 0.1) is 30.8 Å². The summed E-state index contributed by atoms with van der Waals surface area (Å²) >= 11 is 6.02. The Balaban J connectivity index is 1.29. The van der Waals surface area contributed by atoms with E-state index in [-0.39, 0.29) is 55.4 Å². The summed E-state index contributed by atoms with van der Waals surface area (Å²) in [5.74, 6) is -0.511. The lowest BCUT2D eigenvalue weighted by Crippen LogP contribution is -2.45. The summed E-state index contributed by atoms with van der Waals surface area (Å²) in [4.78, 5) is 45.8. The van der Waals surface area contributed by atoms with Gasteiger partial charge in [-0.2, -0.15) is 4.39 Å². The summed E-state index contributed by atoms with van der Waals surface area (Å²) in [6.45, 7) is 2.73. The third kappa shape index (κ3) is 6.05. The van der Waals surface area contributed by atoms with Gasteiger partial charge in [-0.25, -0.2) is 4.98 Å². The standard InChI is InChI=1S/C32H31ClFN5O5/c1-20(40)35-18-28(41)38-12-10-21-16-25-7-8-26(21)30(38)22-4-2-5-24(17-22)43-14-3-11-37(13-15-44-25)32(42)29-31(34)39-19-23(33)6-9-27(39)36-29/h2,4-9,16-17,19,30H,3,10-15,18H2,1H3,(H,35,40). The Kier molecular flexibility index (Phi) is 8.38. The second kappa shape index (κ2) is 12.5. The van der Waals surface area contributed by atoms with Gasteiger partial charge in [-0.3, -0.25) is 18.8 Å². The van der Waals surface area contributed by atoms with E-state index < -0.39 is 11.9 Å². The lowest BCUT2D eigenvalue weighted by molar-refractivity contribution is -0.134. The summed E-state index contributed by atoms with van der Waals surface area (Å²) in [5, 5.41) is 2.94. The van der Waals surface area contributed by atoms with E-state index in [0.717, 1.165) is 21.1 Å². The van der Waals surface area contributed by atoms with Crippen molar-refractivity contribution in [3.63, 3.8) is 0 Å². The lowest BCUT2D eigenvalue weighted by atomic mass is 9.87. The molecule has 7 rings (SSSR count). The molecule has 2 aromatic carbocycles. The van der Waals surface area contributed by atoms with Crippen molar-refractivity contribution in [1.29, 1.82) is 0 Å². The number of rotatable bonds is 3. The van der Waals surface area contributed by atoms with Gasteiger partial charge in [0.25, 0.3) is 5.91 Å². The van der Waals surface area contributed by atoms with Crippen molar-refractivity contribution < 1.29 is 28.2 Å². The van der Waals surface area contributed by atoms with Crippen molar-refractivity contribution in [1.82, 2.24) is 24.5 Å². The van der Waals surface area contributed by atoms with E-state index in [0.29, 0.717) is 42.5 Å². The largest absolute Gasteiger partial charge is 0.494 e. The van der Waals surface area contributed by atoms with Gasteiger partial charge in [0.15, 0.2) is 5.69 Å². The van der Waals surface area contributed by atoms with Gasteiger partial charge in [-0.05, 0) is 65.9 Å². The molecule has 0 fully saturated rings. The average molecular weight is 620 g/mol. The van der Waals surface area contributed by atoms with E-state index in [1.807, 2.05) is 42.5 Å². The molecule has 2 aromatic heterocycles. The molecule has 1 unspecified atom stereocenters. The van der Waals surface area contributed by atoms with Crippen molar-refractivity contribution in [2.45, 2.75) is 25.8 Å². The predicted octanol–water partition coefficient (Wildman–Crippen LogP) is 4.04. The second-order valence-electron chi connectivity index (χ2n) is 10.8. The number of imidazole rings is 1. The molecule has 228 valence electrons. The van der Waals surface area contributed by atoms with Crippen LogP contribution in [0.4, 0.5) is 4.39 Å². The number of pyridine rings is 1. The number of amides is 3. The molecule has 1 N–H and O–H groups in total. The molecule has 4 aromatic rings. The topological polar surface area (TPSA) is 105 Å². The number of carbonyl (C=O) groups excluding carboxylic acids is 3. The minimum Gasteiger partial charge on any atom is -0.494 e. The Morgan fingerprint density at radius 2 is 1.84 bits per heavy atom. The maximum atomic E-state index is 15.2. The molecular weight excluding hydrogens is 589 g/mol. The molecule has 0 saturated heterocycles. The minimum absolute atomic E-state index is 0.0830. The zero-order chi connectivity index (χ0) is 30.8. The maximum absolute atomic E-state index is 15.2. The van der Waals surface area contributed by atoms with Crippen LogP contribution in [0.2, 0.25) is 5.02 Å². The van der Waals surface area contributed by atoms with Gasteiger partial charge in [0.2, 0.25) is 17.8 Å². The fraction of sp³-hybridized carbons (Fsp3) is 0.312. The Bertz CT molecular complexity index is 1740. The van der Waals surface area contributed by atoms with Crippen molar-refractivity contribution >= 4 is 35.0 Å².